The highest BCUT2D eigenvalue weighted by Gasteiger charge is 2.10. The Morgan fingerprint density at radius 3 is 2.92 bits per heavy atom. The van der Waals surface area contributed by atoms with Crippen molar-refractivity contribution in [2.45, 2.75) is 19.9 Å². The van der Waals surface area contributed by atoms with Crippen LogP contribution in [0.2, 0.25) is 0 Å². The van der Waals surface area contributed by atoms with Crippen LogP contribution in [0.15, 0.2) is 24.3 Å². The van der Waals surface area contributed by atoms with Gasteiger partial charge in [0.2, 0.25) is 0 Å². The molecule has 128 valence electrons. The fourth-order valence-corrected chi connectivity index (χ4v) is 1.86. The number of carbonyl (C=O) groups is 2. The summed E-state index contributed by atoms with van der Waals surface area (Å²) >= 11 is 0. The average Bonchev–Trinajstić information content (AvgIpc) is 3.02. The molecular weight excluding hydrogens is 319 g/mol. The molecule has 0 aliphatic heterocycles. The molecule has 0 fully saturated rings. The van der Waals surface area contributed by atoms with Crippen molar-refractivity contribution in [1.82, 2.24) is 30.8 Å². The summed E-state index contributed by atoms with van der Waals surface area (Å²) < 4.78 is 19.3. The van der Waals surface area contributed by atoms with E-state index in [0.29, 0.717) is 18.1 Å². The van der Waals surface area contributed by atoms with Crippen LogP contribution in [-0.4, -0.2) is 45.4 Å². The molecule has 0 unspecified atom stereocenters. The molecule has 24 heavy (non-hydrogen) atoms. The monoisotopic (exact) mass is 336 g/mol. The number of esters is 1. The third-order valence-corrected chi connectivity index (χ3v) is 2.91. The van der Waals surface area contributed by atoms with Gasteiger partial charge in [-0.3, -0.25) is 4.79 Å². The van der Waals surface area contributed by atoms with E-state index in [0.717, 1.165) is 0 Å². The van der Waals surface area contributed by atoms with Crippen LogP contribution in [0.3, 0.4) is 0 Å². The van der Waals surface area contributed by atoms with Crippen molar-refractivity contribution < 1.29 is 18.7 Å². The van der Waals surface area contributed by atoms with E-state index in [1.807, 2.05) is 0 Å². The van der Waals surface area contributed by atoms with Crippen molar-refractivity contribution in [2.75, 3.05) is 13.2 Å². The minimum Gasteiger partial charge on any atom is -0.466 e. The Bertz CT molecular complexity index is 705. The number of nitrogens with one attached hydrogen (secondary N) is 2. The molecule has 1 aromatic carbocycles. The van der Waals surface area contributed by atoms with Gasteiger partial charge < -0.3 is 15.4 Å². The molecule has 2 N–H and O–H groups in total. The smallest absolute Gasteiger partial charge is 0.315 e. The lowest BCUT2D eigenvalue weighted by atomic mass is 10.3. The van der Waals surface area contributed by atoms with Crippen LogP contribution in [-0.2, 0) is 16.1 Å². The highest BCUT2D eigenvalue weighted by atomic mass is 19.1. The molecule has 0 atom stereocenters. The summed E-state index contributed by atoms with van der Waals surface area (Å²) in [5.74, 6) is -0.465. The molecule has 1 aromatic heterocycles. The largest absolute Gasteiger partial charge is 0.466 e. The quantitative estimate of drug-likeness (QED) is 0.715. The van der Waals surface area contributed by atoms with Crippen molar-refractivity contribution in [3.05, 3.63) is 35.9 Å². The van der Waals surface area contributed by atoms with Gasteiger partial charge in [0.25, 0.3) is 0 Å². The molecule has 2 amide bonds. The summed E-state index contributed by atoms with van der Waals surface area (Å²) in [6.45, 7) is 2.20. The normalized spacial score (nSPS) is 10.2. The summed E-state index contributed by atoms with van der Waals surface area (Å²) in [5.41, 5.74) is 0.444. The van der Waals surface area contributed by atoms with Crippen LogP contribution in [0.4, 0.5) is 9.18 Å². The van der Waals surface area contributed by atoms with E-state index in [2.05, 4.69) is 26.2 Å². The number of ether oxygens (including phenoxy) is 1. The predicted octanol–water partition coefficient (Wildman–Crippen LogP) is 0.554. The highest BCUT2D eigenvalue weighted by molar-refractivity contribution is 5.75. The van der Waals surface area contributed by atoms with Crippen molar-refractivity contribution >= 4 is 12.0 Å². The maximum Gasteiger partial charge on any atom is 0.315 e. The van der Waals surface area contributed by atoms with Crippen molar-refractivity contribution in [3.8, 4) is 5.69 Å². The zero-order valence-electron chi connectivity index (χ0n) is 13.0. The van der Waals surface area contributed by atoms with Gasteiger partial charge in [-0.15, -0.1) is 5.10 Å². The van der Waals surface area contributed by atoms with E-state index in [4.69, 9.17) is 4.74 Å². The van der Waals surface area contributed by atoms with Gasteiger partial charge in [-0.05, 0) is 35.5 Å². The summed E-state index contributed by atoms with van der Waals surface area (Å²) in [5, 5.41) is 16.1. The molecule has 0 spiro atoms. The van der Waals surface area contributed by atoms with Crippen LogP contribution >= 0.6 is 0 Å². The van der Waals surface area contributed by atoms with Crippen molar-refractivity contribution in [2.24, 2.45) is 0 Å². The molecule has 10 heteroatoms. The van der Waals surface area contributed by atoms with Gasteiger partial charge in [-0.1, -0.05) is 6.07 Å². The zero-order valence-corrected chi connectivity index (χ0v) is 13.0. The zero-order chi connectivity index (χ0) is 17.4. The van der Waals surface area contributed by atoms with E-state index in [1.54, 1.807) is 13.0 Å². The number of urea groups is 1. The van der Waals surface area contributed by atoms with Crippen molar-refractivity contribution in [3.63, 3.8) is 0 Å². The van der Waals surface area contributed by atoms with Crippen LogP contribution in [0.25, 0.3) is 5.69 Å². The Balaban J connectivity index is 1.84. The first-order chi connectivity index (χ1) is 11.6. The van der Waals surface area contributed by atoms with Crippen LogP contribution in [0.1, 0.15) is 19.2 Å². The average molecular weight is 336 g/mol. The Kier molecular flexibility index (Phi) is 6.17. The van der Waals surface area contributed by atoms with Gasteiger partial charge in [-0.25, -0.2) is 9.18 Å². The standard InChI is InChI=1S/C14H17FN6O3/c1-2-24-13(22)6-7-16-14(23)17-9-12-18-19-20-21(12)11-5-3-4-10(15)8-11/h3-5,8H,2,6-7,9H2,1H3,(H2,16,17,23). The maximum absolute atomic E-state index is 13.3. The molecule has 0 saturated heterocycles. The highest BCUT2D eigenvalue weighted by Crippen LogP contribution is 2.09. The molecule has 2 rings (SSSR count). The summed E-state index contributed by atoms with van der Waals surface area (Å²) in [4.78, 5) is 22.8. The summed E-state index contributed by atoms with van der Waals surface area (Å²) in [6.07, 6.45) is 0.0856. The maximum atomic E-state index is 13.3. The van der Waals surface area contributed by atoms with Crippen LogP contribution in [0, 0.1) is 5.82 Å². The lowest BCUT2D eigenvalue weighted by Crippen LogP contribution is -2.36. The number of amides is 2. The Morgan fingerprint density at radius 2 is 2.17 bits per heavy atom. The molecule has 9 nitrogen and oxygen atoms in total. The van der Waals surface area contributed by atoms with E-state index in [-0.39, 0.29) is 25.5 Å². The van der Waals surface area contributed by atoms with E-state index >= 15 is 0 Å². The number of aromatic nitrogens is 4. The Hall–Kier alpha value is -3.04. The molecule has 2 aromatic rings. The Labute approximate surface area is 137 Å². The number of benzene rings is 1. The molecule has 0 radical (unpaired) electrons. The first-order valence-electron chi connectivity index (χ1n) is 7.30. The fraction of sp³-hybridized carbons (Fsp3) is 0.357. The van der Waals surface area contributed by atoms with E-state index in [1.165, 1.54) is 22.9 Å². The molecule has 0 aliphatic rings. The van der Waals surface area contributed by atoms with Gasteiger partial charge in [0.15, 0.2) is 5.82 Å². The molecule has 1 heterocycles. The summed E-state index contributed by atoms with van der Waals surface area (Å²) in [6, 6.07) is 5.28. The number of nitrogens with zero attached hydrogens (tertiary/aromatic N) is 4. The lowest BCUT2D eigenvalue weighted by molar-refractivity contribution is -0.142. The van der Waals surface area contributed by atoms with Gasteiger partial charge >= 0.3 is 12.0 Å². The SMILES string of the molecule is CCOC(=O)CCNC(=O)NCc1nnnn1-c1cccc(F)c1. The van der Waals surface area contributed by atoms with E-state index < -0.39 is 11.8 Å². The number of carbonyl (C=O) groups excluding carboxylic acids is 2. The van der Waals surface area contributed by atoms with Gasteiger partial charge in [-0.2, -0.15) is 4.68 Å². The van der Waals surface area contributed by atoms with E-state index in [9.17, 15) is 14.0 Å². The third kappa shape index (κ3) is 5.00. The molecule has 0 aliphatic carbocycles. The van der Waals surface area contributed by atoms with Crippen LogP contribution < -0.4 is 10.6 Å². The number of rotatable bonds is 7. The second-order valence-corrected chi connectivity index (χ2v) is 4.65. The lowest BCUT2D eigenvalue weighted by Gasteiger charge is -2.08. The van der Waals surface area contributed by atoms with Gasteiger partial charge in [0.05, 0.1) is 25.3 Å². The second-order valence-electron chi connectivity index (χ2n) is 4.65. The van der Waals surface area contributed by atoms with Crippen molar-refractivity contribution in [1.29, 1.82) is 0 Å². The number of halogens is 1. The number of hydrogen-bond donors (Lipinski definition) is 2. The first kappa shape index (κ1) is 17.3. The number of hydrogen-bond acceptors (Lipinski definition) is 6. The minimum absolute atomic E-state index is 0.0365. The molecular formula is C14H17FN6O3. The van der Waals surface area contributed by atoms with Gasteiger partial charge in [0, 0.05) is 6.54 Å². The Morgan fingerprint density at radius 1 is 1.33 bits per heavy atom. The topological polar surface area (TPSA) is 111 Å². The second kappa shape index (κ2) is 8.56. The third-order valence-electron chi connectivity index (χ3n) is 2.91. The predicted molar refractivity (Wildman–Crippen MR) is 80.6 cm³/mol. The number of tetrazole rings is 1. The minimum atomic E-state index is -0.479. The van der Waals surface area contributed by atoms with Crippen LogP contribution in [0.5, 0.6) is 0 Å². The first-order valence-corrected chi connectivity index (χ1v) is 7.30. The fourth-order valence-electron chi connectivity index (χ4n) is 1.86. The molecule has 0 bridgehead atoms. The van der Waals surface area contributed by atoms with Gasteiger partial charge in [0.1, 0.15) is 5.82 Å². The summed E-state index contributed by atoms with van der Waals surface area (Å²) in [7, 11) is 0. The molecule has 0 saturated carbocycles.